The van der Waals surface area contributed by atoms with Crippen LogP contribution in [0.1, 0.15) is 36.1 Å². The Hall–Kier alpha value is -1.40. The van der Waals surface area contributed by atoms with Crippen LogP contribution in [-0.4, -0.2) is 14.8 Å². The number of fused-ring (bicyclic) bond motifs is 4. The SMILES string of the molecule is Nc1nc2c(s1)CC1(CCCC1)c1ccc(OP(=O)(O)O)cc1-2. The van der Waals surface area contributed by atoms with Gasteiger partial charge in [-0.2, -0.15) is 0 Å². The minimum absolute atomic E-state index is 0.0992. The molecule has 1 saturated carbocycles. The molecule has 0 amide bonds. The number of hydrogen-bond donors (Lipinski definition) is 3. The van der Waals surface area contributed by atoms with Crippen molar-refractivity contribution in [3.05, 3.63) is 28.6 Å². The van der Waals surface area contributed by atoms with Crippen LogP contribution >= 0.6 is 19.2 Å². The third-order valence-electron chi connectivity index (χ3n) is 4.82. The molecule has 0 radical (unpaired) electrons. The summed E-state index contributed by atoms with van der Waals surface area (Å²) in [4.78, 5) is 23.7. The second-order valence-electron chi connectivity index (χ2n) is 6.28. The lowest BCUT2D eigenvalue weighted by atomic mass is 9.70. The molecular formula is C15H17N2O4PS. The molecule has 2 aliphatic rings. The molecule has 2 aliphatic carbocycles. The summed E-state index contributed by atoms with van der Waals surface area (Å²) >= 11 is 1.51. The molecule has 1 aromatic heterocycles. The van der Waals surface area contributed by atoms with Crippen LogP contribution in [-0.2, 0) is 16.4 Å². The molecule has 4 rings (SSSR count). The summed E-state index contributed by atoms with van der Waals surface area (Å²) in [6.07, 6.45) is 5.59. The standard InChI is InChI=1S/C15H17N2O4PS/c16-14-17-13-10-7-9(21-22(18,19)20)3-4-11(10)15(5-1-2-6-15)8-12(13)23-14/h3-4,7H,1-2,5-6,8H2,(H2,16,17)(H2,18,19,20). The summed E-state index contributed by atoms with van der Waals surface area (Å²) < 4.78 is 15.9. The van der Waals surface area contributed by atoms with Gasteiger partial charge in [-0.05, 0) is 37.0 Å². The van der Waals surface area contributed by atoms with Crippen LogP contribution in [0.4, 0.5) is 5.13 Å². The molecule has 8 heteroatoms. The lowest BCUT2D eigenvalue weighted by molar-refractivity contribution is 0.283. The number of hydrogen-bond acceptors (Lipinski definition) is 5. The fourth-order valence-corrected chi connectivity index (χ4v) is 5.35. The van der Waals surface area contributed by atoms with Crippen molar-refractivity contribution >= 4 is 24.3 Å². The lowest BCUT2D eigenvalue weighted by Crippen LogP contribution is -2.28. The summed E-state index contributed by atoms with van der Waals surface area (Å²) in [6, 6.07) is 5.26. The first-order valence-corrected chi connectivity index (χ1v) is 9.86. The van der Waals surface area contributed by atoms with Gasteiger partial charge in [0.1, 0.15) is 5.75 Å². The molecule has 0 atom stereocenters. The number of thiazole rings is 1. The third-order valence-corrected chi connectivity index (χ3v) is 6.15. The molecule has 0 bridgehead atoms. The summed E-state index contributed by atoms with van der Waals surface area (Å²) in [5, 5.41) is 0.525. The smallest absolute Gasteiger partial charge is 0.404 e. The van der Waals surface area contributed by atoms with Crippen molar-refractivity contribution in [2.75, 3.05) is 5.73 Å². The van der Waals surface area contributed by atoms with Gasteiger partial charge >= 0.3 is 7.82 Å². The molecule has 1 heterocycles. The van der Waals surface area contributed by atoms with E-state index in [1.54, 1.807) is 12.1 Å². The van der Waals surface area contributed by atoms with E-state index in [1.165, 1.54) is 29.7 Å². The molecule has 0 unspecified atom stereocenters. The Morgan fingerprint density at radius 1 is 1.30 bits per heavy atom. The Morgan fingerprint density at radius 2 is 2.04 bits per heavy atom. The van der Waals surface area contributed by atoms with Gasteiger partial charge in [0.25, 0.3) is 0 Å². The van der Waals surface area contributed by atoms with Crippen LogP contribution in [0.15, 0.2) is 18.2 Å². The second kappa shape index (κ2) is 5.05. The average molecular weight is 352 g/mol. The Bertz CT molecular complexity index is 823. The van der Waals surface area contributed by atoms with Gasteiger partial charge in [-0.25, -0.2) is 9.55 Å². The van der Waals surface area contributed by atoms with Gasteiger partial charge in [-0.3, -0.25) is 9.79 Å². The van der Waals surface area contributed by atoms with Gasteiger partial charge in [-0.1, -0.05) is 18.9 Å². The molecule has 2 aromatic rings. The van der Waals surface area contributed by atoms with Crippen molar-refractivity contribution in [3.8, 4) is 17.0 Å². The molecule has 6 nitrogen and oxygen atoms in total. The normalized spacial score (nSPS) is 18.7. The summed E-state index contributed by atoms with van der Waals surface area (Å²) in [7, 11) is -4.58. The largest absolute Gasteiger partial charge is 0.524 e. The highest BCUT2D eigenvalue weighted by molar-refractivity contribution is 7.46. The first kappa shape index (κ1) is 15.1. The van der Waals surface area contributed by atoms with Crippen molar-refractivity contribution in [1.29, 1.82) is 0 Å². The number of aromatic nitrogens is 1. The monoisotopic (exact) mass is 352 g/mol. The zero-order valence-corrected chi connectivity index (χ0v) is 14.1. The van der Waals surface area contributed by atoms with E-state index in [9.17, 15) is 4.57 Å². The van der Waals surface area contributed by atoms with Gasteiger partial charge in [0.2, 0.25) is 0 Å². The zero-order valence-electron chi connectivity index (χ0n) is 12.4. The highest BCUT2D eigenvalue weighted by atomic mass is 32.1. The van der Waals surface area contributed by atoms with Gasteiger partial charge in [0.15, 0.2) is 5.13 Å². The first-order chi connectivity index (χ1) is 10.9. The van der Waals surface area contributed by atoms with E-state index < -0.39 is 7.82 Å². The van der Waals surface area contributed by atoms with E-state index in [-0.39, 0.29) is 11.2 Å². The predicted octanol–water partition coefficient (Wildman–Crippen LogP) is 3.23. The second-order valence-corrected chi connectivity index (χ2v) is 8.56. The minimum Gasteiger partial charge on any atom is -0.404 e. The molecule has 0 saturated heterocycles. The van der Waals surface area contributed by atoms with Gasteiger partial charge in [-0.15, -0.1) is 11.3 Å². The van der Waals surface area contributed by atoms with Crippen molar-refractivity contribution in [3.63, 3.8) is 0 Å². The molecule has 23 heavy (non-hydrogen) atoms. The van der Waals surface area contributed by atoms with E-state index in [0.29, 0.717) is 5.13 Å². The average Bonchev–Trinajstić information content (AvgIpc) is 3.04. The number of nitrogens with two attached hydrogens (primary N) is 1. The van der Waals surface area contributed by atoms with Crippen molar-refractivity contribution < 1.29 is 18.9 Å². The minimum atomic E-state index is -4.58. The van der Waals surface area contributed by atoms with Crippen LogP contribution in [0, 0.1) is 0 Å². The van der Waals surface area contributed by atoms with Crippen LogP contribution < -0.4 is 10.3 Å². The fraction of sp³-hybridized carbons (Fsp3) is 0.400. The maximum atomic E-state index is 11.1. The summed E-state index contributed by atoms with van der Waals surface area (Å²) in [5.74, 6) is 0.157. The number of nitrogens with zero attached hydrogens (tertiary/aromatic N) is 1. The molecule has 4 N–H and O–H groups in total. The maximum Gasteiger partial charge on any atom is 0.524 e. The molecular weight excluding hydrogens is 335 g/mol. The Labute approximate surface area is 137 Å². The fourth-order valence-electron chi connectivity index (χ4n) is 3.98. The van der Waals surface area contributed by atoms with Crippen LogP contribution in [0.2, 0.25) is 0 Å². The van der Waals surface area contributed by atoms with Crippen molar-refractivity contribution in [2.24, 2.45) is 0 Å². The summed E-state index contributed by atoms with van der Waals surface area (Å²) in [5.41, 5.74) is 8.92. The molecule has 0 aliphatic heterocycles. The van der Waals surface area contributed by atoms with Gasteiger partial charge in [0, 0.05) is 15.9 Å². The number of anilines is 1. The lowest BCUT2D eigenvalue weighted by Gasteiger charge is -2.35. The predicted molar refractivity (Wildman–Crippen MR) is 88.5 cm³/mol. The highest BCUT2D eigenvalue weighted by Gasteiger charge is 2.42. The summed E-state index contributed by atoms with van der Waals surface area (Å²) in [6.45, 7) is 0. The Kier molecular flexibility index (Phi) is 3.32. The van der Waals surface area contributed by atoms with Crippen LogP contribution in [0.3, 0.4) is 0 Å². The topological polar surface area (TPSA) is 106 Å². The van der Waals surface area contributed by atoms with Crippen molar-refractivity contribution in [1.82, 2.24) is 4.98 Å². The van der Waals surface area contributed by atoms with E-state index in [1.807, 2.05) is 6.07 Å². The van der Waals surface area contributed by atoms with Gasteiger partial charge in [0.05, 0.1) is 5.69 Å². The molecule has 1 aromatic carbocycles. The Balaban J connectivity index is 1.88. The van der Waals surface area contributed by atoms with E-state index >= 15 is 0 Å². The number of benzene rings is 1. The van der Waals surface area contributed by atoms with Crippen LogP contribution in [0.5, 0.6) is 5.75 Å². The Morgan fingerprint density at radius 3 is 2.74 bits per heavy atom. The molecule has 1 spiro atoms. The van der Waals surface area contributed by atoms with E-state index in [0.717, 1.165) is 35.4 Å². The number of phosphoric ester groups is 1. The van der Waals surface area contributed by atoms with E-state index in [2.05, 4.69) is 4.98 Å². The number of rotatable bonds is 2. The molecule has 122 valence electrons. The van der Waals surface area contributed by atoms with Crippen LogP contribution in [0.25, 0.3) is 11.3 Å². The van der Waals surface area contributed by atoms with Gasteiger partial charge < -0.3 is 10.3 Å². The zero-order chi connectivity index (χ0) is 16.2. The maximum absolute atomic E-state index is 11.1. The van der Waals surface area contributed by atoms with E-state index in [4.69, 9.17) is 20.0 Å². The number of nitrogen functional groups attached to an aromatic ring is 1. The highest BCUT2D eigenvalue weighted by Crippen LogP contribution is 2.54. The molecule has 1 fully saturated rings. The number of phosphoric acid groups is 1. The quantitative estimate of drug-likeness (QED) is 0.717. The third kappa shape index (κ3) is 2.58. The first-order valence-electron chi connectivity index (χ1n) is 7.52. The van der Waals surface area contributed by atoms with Crippen molar-refractivity contribution in [2.45, 2.75) is 37.5 Å².